The molecule has 0 saturated carbocycles. The Hall–Kier alpha value is -1.94. The smallest absolute Gasteiger partial charge is 0.261 e. The highest BCUT2D eigenvalue weighted by Crippen LogP contribution is 2.37. The van der Waals surface area contributed by atoms with Crippen molar-refractivity contribution in [3.05, 3.63) is 85.5 Å². The lowest BCUT2D eigenvalue weighted by atomic mass is 10.1. The third-order valence-electron chi connectivity index (χ3n) is 5.69. The second-order valence-electron chi connectivity index (χ2n) is 8.79. The average Bonchev–Trinajstić information content (AvgIpc) is 2.72. The first-order valence-corrected chi connectivity index (χ1v) is 12.6. The Morgan fingerprint density at radius 2 is 1.62 bits per heavy atom. The molecule has 154 valence electrons. The number of hydrogen-bond acceptors (Lipinski definition) is 2. The lowest BCUT2D eigenvalue weighted by Crippen LogP contribution is -2.66. The summed E-state index contributed by atoms with van der Waals surface area (Å²) in [5.74, 6) is 0. The zero-order valence-electron chi connectivity index (χ0n) is 18.0. The van der Waals surface area contributed by atoms with Crippen LogP contribution in [0, 0.1) is 0 Å². The van der Waals surface area contributed by atoms with Crippen LogP contribution in [-0.2, 0) is 9.16 Å². The van der Waals surface area contributed by atoms with E-state index in [0.717, 1.165) is 19.3 Å². The Morgan fingerprint density at radius 3 is 2.14 bits per heavy atom. The molecule has 0 spiro atoms. The van der Waals surface area contributed by atoms with Crippen molar-refractivity contribution in [3.63, 3.8) is 0 Å². The summed E-state index contributed by atoms with van der Waals surface area (Å²) in [5, 5.41) is 2.66. The van der Waals surface area contributed by atoms with Gasteiger partial charge in [-0.1, -0.05) is 99.7 Å². The lowest BCUT2D eigenvalue weighted by Gasteiger charge is -2.43. The third-order valence-corrected chi connectivity index (χ3v) is 10.7. The quantitative estimate of drug-likeness (QED) is 0.441. The van der Waals surface area contributed by atoms with Gasteiger partial charge in [-0.2, -0.15) is 0 Å². The topological polar surface area (TPSA) is 18.5 Å². The van der Waals surface area contributed by atoms with E-state index in [1.165, 1.54) is 10.4 Å². The molecule has 0 unspecified atom stereocenters. The Kier molecular flexibility index (Phi) is 7.28. The summed E-state index contributed by atoms with van der Waals surface area (Å²) in [4.78, 5) is 0. The molecule has 3 rings (SSSR count). The SMILES string of the molecule is C=CC[C@@H]1C=CC[C@@H](CCO[Si](c2ccccc2)(c2ccccc2)C(C)(C)C)O1. The summed E-state index contributed by atoms with van der Waals surface area (Å²) < 4.78 is 13.2. The van der Waals surface area contributed by atoms with Gasteiger partial charge in [0.1, 0.15) is 0 Å². The van der Waals surface area contributed by atoms with Gasteiger partial charge in [-0.05, 0) is 34.7 Å². The van der Waals surface area contributed by atoms with Crippen LogP contribution in [0.4, 0.5) is 0 Å². The van der Waals surface area contributed by atoms with E-state index < -0.39 is 8.32 Å². The van der Waals surface area contributed by atoms with E-state index in [0.29, 0.717) is 6.61 Å². The first-order chi connectivity index (χ1) is 14.0. The average molecular weight is 407 g/mol. The number of ether oxygens (including phenoxy) is 1. The van der Waals surface area contributed by atoms with Gasteiger partial charge in [0, 0.05) is 6.61 Å². The Balaban J connectivity index is 1.85. The monoisotopic (exact) mass is 406 g/mol. The maximum absolute atomic E-state index is 6.98. The van der Waals surface area contributed by atoms with Crippen molar-refractivity contribution in [2.45, 2.75) is 57.3 Å². The van der Waals surface area contributed by atoms with Crippen molar-refractivity contribution < 1.29 is 9.16 Å². The van der Waals surface area contributed by atoms with Gasteiger partial charge in [-0.3, -0.25) is 0 Å². The van der Waals surface area contributed by atoms with Crippen molar-refractivity contribution in [1.29, 1.82) is 0 Å². The van der Waals surface area contributed by atoms with E-state index >= 15 is 0 Å². The van der Waals surface area contributed by atoms with Crippen LogP contribution in [0.1, 0.15) is 40.0 Å². The Bertz CT molecular complexity index is 753. The van der Waals surface area contributed by atoms with Crippen molar-refractivity contribution >= 4 is 18.7 Å². The Labute approximate surface area is 177 Å². The molecule has 0 bridgehead atoms. The highest BCUT2D eigenvalue weighted by Gasteiger charge is 2.50. The maximum atomic E-state index is 6.98. The second-order valence-corrected chi connectivity index (χ2v) is 13.1. The fourth-order valence-corrected chi connectivity index (χ4v) is 8.90. The van der Waals surface area contributed by atoms with E-state index in [1.807, 2.05) is 6.08 Å². The summed E-state index contributed by atoms with van der Waals surface area (Å²) >= 11 is 0. The molecule has 0 aromatic heterocycles. The van der Waals surface area contributed by atoms with Crippen molar-refractivity contribution in [2.75, 3.05) is 6.61 Å². The highest BCUT2D eigenvalue weighted by atomic mass is 28.4. The standard InChI is InChI=1S/C26H34O2Si/c1-5-13-22-14-12-15-23(28-22)20-21-27-29(26(2,3)4,24-16-8-6-9-17-24)25-18-10-7-11-19-25/h5-12,14,16-19,22-23H,1,13,15,20-21H2,2-4H3/t22-,23+/m1/s1. The molecule has 0 saturated heterocycles. The molecule has 2 aromatic rings. The summed E-state index contributed by atoms with van der Waals surface area (Å²) in [6.07, 6.45) is 9.41. The molecular formula is C26H34O2Si. The minimum Gasteiger partial charge on any atom is -0.407 e. The van der Waals surface area contributed by atoms with E-state index in [-0.39, 0.29) is 17.2 Å². The van der Waals surface area contributed by atoms with Crippen molar-refractivity contribution in [1.82, 2.24) is 0 Å². The third kappa shape index (κ3) is 4.97. The zero-order valence-corrected chi connectivity index (χ0v) is 19.0. The van der Waals surface area contributed by atoms with Gasteiger partial charge in [0.2, 0.25) is 0 Å². The summed E-state index contributed by atoms with van der Waals surface area (Å²) in [7, 11) is -2.46. The molecule has 1 aliphatic heterocycles. The normalized spacial score (nSPS) is 19.8. The van der Waals surface area contributed by atoms with Crippen LogP contribution in [0.3, 0.4) is 0 Å². The molecule has 0 fully saturated rings. The van der Waals surface area contributed by atoms with Crippen LogP contribution in [-0.4, -0.2) is 27.1 Å². The van der Waals surface area contributed by atoms with Gasteiger partial charge in [-0.15, -0.1) is 6.58 Å². The first kappa shape index (κ1) is 21.8. The molecule has 0 aliphatic carbocycles. The molecule has 2 aromatic carbocycles. The molecule has 2 nitrogen and oxygen atoms in total. The van der Waals surface area contributed by atoms with E-state index in [4.69, 9.17) is 9.16 Å². The van der Waals surface area contributed by atoms with Gasteiger partial charge < -0.3 is 9.16 Å². The van der Waals surface area contributed by atoms with Gasteiger partial charge in [0.15, 0.2) is 0 Å². The summed E-state index contributed by atoms with van der Waals surface area (Å²) in [6.45, 7) is 11.5. The number of hydrogen-bond donors (Lipinski definition) is 0. The van der Waals surface area contributed by atoms with Crippen molar-refractivity contribution in [3.8, 4) is 0 Å². The van der Waals surface area contributed by atoms with Crippen LogP contribution in [0.5, 0.6) is 0 Å². The van der Waals surface area contributed by atoms with Crippen LogP contribution in [0.15, 0.2) is 85.5 Å². The molecule has 1 aliphatic rings. The minimum absolute atomic E-state index is 0.00834. The highest BCUT2D eigenvalue weighted by molar-refractivity contribution is 6.99. The molecule has 2 atom stereocenters. The Morgan fingerprint density at radius 1 is 1.03 bits per heavy atom. The van der Waals surface area contributed by atoms with Crippen molar-refractivity contribution in [2.24, 2.45) is 0 Å². The van der Waals surface area contributed by atoms with Gasteiger partial charge >= 0.3 is 0 Å². The van der Waals surface area contributed by atoms with Crippen LogP contribution in [0.25, 0.3) is 0 Å². The van der Waals surface area contributed by atoms with Crippen LogP contribution < -0.4 is 10.4 Å². The van der Waals surface area contributed by atoms with E-state index in [9.17, 15) is 0 Å². The fraction of sp³-hybridized carbons (Fsp3) is 0.385. The van der Waals surface area contributed by atoms with Gasteiger partial charge in [0.05, 0.1) is 12.2 Å². The molecule has 3 heteroatoms. The van der Waals surface area contributed by atoms with Gasteiger partial charge in [0.25, 0.3) is 8.32 Å². The summed E-state index contributed by atoms with van der Waals surface area (Å²) in [5.41, 5.74) is 0. The molecule has 1 heterocycles. The van der Waals surface area contributed by atoms with E-state index in [1.54, 1.807) is 0 Å². The molecule has 0 radical (unpaired) electrons. The zero-order chi connectivity index (χ0) is 20.7. The maximum Gasteiger partial charge on any atom is 0.261 e. The minimum atomic E-state index is -2.46. The first-order valence-electron chi connectivity index (χ1n) is 10.7. The second kappa shape index (κ2) is 9.71. The van der Waals surface area contributed by atoms with Gasteiger partial charge in [-0.25, -0.2) is 0 Å². The predicted octanol–water partition coefficient (Wildman–Crippen LogP) is 5.24. The molecule has 0 amide bonds. The molecule has 29 heavy (non-hydrogen) atoms. The lowest BCUT2D eigenvalue weighted by molar-refractivity contribution is -0.00359. The molecular weight excluding hydrogens is 372 g/mol. The fourth-order valence-electron chi connectivity index (χ4n) is 4.32. The van der Waals surface area contributed by atoms with Crippen LogP contribution >= 0.6 is 0 Å². The van der Waals surface area contributed by atoms with Crippen LogP contribution in [0.2, 0.25) is 5.04 Å². The van der Waals surface area contributed by atoms with E-state index in [2.05, 4.69) is 100 Å². The number of rotatable bonds is 8. The molecule has 0 N–H and O–H groups in total. The number of benzene rings is 2. The largest absolute Gasteiger partial charge is 0.407 e. The summed E-state index contributed by atoms with van der Waals surface area (Å²) in [6, 6.07) is 21.6. The predicted molar refractivity (Wildman–Crippen MR) is 125 cm³/mol.